The van der Waals surface area contributed by atoms with E-state index in [4.69, 9.17) is 9.47 Å². The van der Waals surface area contributed by atoms with Crippen LogP contribution in [0.5, 0.6) is 11.5 Å². The summed E-state index contributed by atoms with van der Waals surface area (Å²) in [6, 6.07) is 10.9. The molecule has 0 fully saturated rings. The Balaban J connectivity index is 1.52. The Bertz CT molecular complexity index is 684. The first-order chi connectivity index (χ1) is 10.8. The lowest BCUT2D eigenvalue weighted by Gasteiger charge is -2.28. The summed E-state index contributed by atoms with van der Waals surface area (Å²) in [7, 11) is 0. The van der Waals surface area contributed by atoms with Gasteiger partial charge in [-0.2, -0.15) is 0 Å². The highest BCUT2D eigenvalue weighted by Gasteiger charge is 2.22. The summed E-state index contributed by atoms with van der Waals surface area (Å²) >= 11 is 0. The maximum Gasteiger partial charge on any atom is 0.163 e. The molecule has 1 unspecified atom stereocenters. The molecule has 4 heteroatoms. The third-order valence-corrected chi connectivity index (χ3v) is 4.30. The molecule has 0 amide bonds. The van der Waals surface area contributed by atoms with E-state index < -0.39 is 0 Å². The molecule has 0 aliphatic carbocycles. The van der Waals surface area contributed by atoms with Gasteiger partial charge in [-0.05, 0) is 48.1 Å². The van der Waals surface area contributed by atoms with E-state index in [2.05, 4.69) is 11.4 Å². The van der Waals surface area contributed by atoms with Crippen molar-refractivity contribution in [3.8, 4) is 11.5 Å². The standard InChI is InChI=1S/C18H18FNO2/c19-15-3-1-12(2-4-15)7-13-8-14-9-17-18(22-6-5-21-17)10-16(14)20-11-13/h1-4,9-10,13,20H,5-8,11H2. The first-order valence-corrected chi connectivity index (χ1v) is 7.69. The average molecular weight is 299 g/mol. The first-order valence-electron chi connectivity index (χ1n) is 7.69. The average Bonchev–Trinajstić information content (AvgIpc) is 2.55. The van der Waals surface area contributed by atoms with Gasteiger partial charge in [-0.15, -0.1) is 0 Å². The normalized spacial score (nSPS) is 19.2. The number of hydrogen-bond donors (Lipinski definition) is 1. The van der Waals surface area contributed by atoms with Crippen molar-refractivity contribution in [2.45, 2.75) is 12.8 Å². The maximum atomic E-state index is 13.0. The van der Waals surface area contributed by atoms with Crippen molar-refractivity contribution < 1.29 is 13.9 Å². The summed E-state index contributed by atoms with van der Waals surface area (Å²) in [5.74, 6) is 1.99. The molecule has 114 valence electrons. The van der Waals surface area contributed by atoms with E-state index in [1.54, 1.807) is 0 Å². The number of ether oxygens (including phenoxy) is 2. The molecule has 22 heavy (non-hydrogen) atoms. The fourth-order valence-corrected chi connectivity index (χ4v) is 3.20. The minimum Gasteiger partial charge on any atom is -0.486 e. The van der Waals surface area contributed by atoms with Gasteiger partial charge in [0.1, 0.15) is 19.0 Å². The molecule has 4 rings (SSSR count). The van der Waals surface area contributed by atoms with Crippen molar-refractivity contribution in [2.75, 3.05) is 25.1 Å². The molecule has 2 aromatic rings. The van der Waals surface area contributed by atoms with Crippen LogP contribution in [0.25, 0.3) is 0 Å². The summed E-state index contributed by atoms with van der Waals surface area (Å²) in [5, 5.41) is 3.48. The summed E-state index contributed by atoms with van der Waals surface area (Å²) in [6.45, 7) is 2.14. The highest BCUT2D eigenvalue weighted by molar-refractivity contribution is 5.62. The van der Waals surface area contributed by atoms with Crippen LogP contribution in [-0.2, 0) is 12.8 Å². The number of hydrogen-bond acceptors (Lipinski definition) is 3. The van der Waals surface area contributed by atoms with Gasteiger partial charge in [0.25, 0.3) is 0 Å². The monoisotopic (exact) mass is 299 g/mol. The Labute approximate surface area is 129 Å². The third kappa shape index (κ3) is 2.61. The second-order valence-electron chi connectivity index (χ2n) is 5.93. The topological polar surface area (TPSA) is 30.5 Å². The maximum absolute atomic E-state index is 13.0. The predicted molar refractivity (Wildman–Crippen MR) is 83.2 cm³/mol. The second kappa shape index (κ2) is 5.52. The van der Waals surface area contributed by atoms with Gasteiger partial charge in [-0.3, -0.25) is 0 Å². The van der Waals surface area contributed by atoms with E-state index in [9.17, 15) is 4.39 Å². The lowest BCUT2D eigenvalue weighted by atomic mass is 9.88. The molecular formula is C18H18FNO2. The van der Waals surface area contributed by atoms with Crippen molar-refractivity contribution >= 4 is 5.69 Å². The van der Waals surface area contributed by atoms with Gasteiger partial charge in [-0.1, -0.05) is 12.1 Å². The van der Waals surface area contributed by atoms with Gasteiger partial charge >= 0.3 is 0 Å². The second-order valence-corrected chi connectivity index (χ2v) is 5.93. The lowest BCUT2D eigenvalue weighted by molar-refractivity contribution is 0.171. The zero-order valence-corrected chi connectivity index (χ0v) is 12.3. The number of nitrogens with one attached hydrogen (secondary N) is 1. The largest absolute Gasteiger partial charge is 0.486 e. The van der Waals surface area contributed by atoms with Crippen molar-refractivity contribution in [3.63, 3.8) is 0 Å². The van der Waals surface area contributed by atoms with Crippen LogP contribution in [0.15, 0.2) is 36.4 Å². The molecule has 1 atom stereocenters. The van der Waals surface area contributed by atoms with Crippen molar-refractivity contribution in [1.82, 2.24) is 0 Å². The third-order valence-electron chi connectivity index (χ3n) is 4.30. The minimum absolute atomic E-state index is 0.181. The zero-order chi connectivity index (χ0) is 14.9. The van der Waals surface area contributed by atoms with E-state index in [1.807, 2.05) is 18.2 Å². The van der Waals surface area contributed by atoms with Gasteiger partial charge in [0.15, 0.2) is 11.5 Å². The molecule has 2 aromatic carbocycles. The molecule has 0 aromatic heterocycles. The van der Waals surface area contributed by atoms with Gasteiger partial charge in [0, 0.05) is 18.3 Å². The summed E-state index contributed by atoms with van der Waals surface area (Å²) in [5.41, 5.74) is 3.58. The van der Waals surface area contributed by atoms with E-state index in [-0.39, 0.29) is 5.82 Å². The fourth-order valence-electron chi connectivity index (χ4n) is 3.20. The van der Waals surface area contributed by atoms with Crippen molar-refractivity contribution in [1.29, 1.82) is 0 Å². The molecule has 0 saturated carbocycles. The van der Waals surface area contributed by atoms with Gasteiger partial charge in [0.2, 0.25) is 0 Å². The first kappa shape index (κ1) is 13.4. The highest BCUT2D eigenvalue weighted by Crippen LogP contribution is 2.38. The Kier molecular flexibility index (Phi) is 3.37. The van der Waals surface area contributed by atoms with Crippen LogP contribution in [0.2, 0.25) is 0 Å². The summed E-state index contributed by atoms with van der Waals surface area (Å²) in [6.07, 6.45) is 1.94. The number of benzene rings is 2. The van der Waals surface area contributed by atoms with E-state index >= 15 is 0 Å². The number of anilines is 1. The molecule has 0 saturated heterocycles. The van der Waals surface area contributed by atoms with Crippen LogP contribution in [0.3, 0.4) is 0 Å². The van der Waals surface area contributed by atoms with Crippen molar-refractivity contribution in [2.24, 2.45) is 5.92 Å². The molecule has 2 aliphatic rings. The van der Waals surface area contributed by atoms with E-state index in [0.717, 1.165) is 36.6 Å². The van der Waals surface area contributed by atoms with Gasteiger partial charge < -0.3 is 14.8 Å². The predicted octanol–water partition coefficient (Wildman–Crippen LogP) is 3.42. The smallest absolute Gasteiger partial charge is 0.163 e. The molecule has 2 heterocycles. The molecule has 3 nitrogen and oxygen atoms in total. The number of rotatable bonds is 2. The van der Waals surface area contributed by atoms with Crippen LogP contribution in [0.1, 0.15) is 11.1 Å². The Morgan fingerprint density at radius 1 is 1.05 bits per heavy atom. The molecule has 0 bridgehead atoms. The Hall–Kier alpha value is -2.23. The van der Waals surface area contributed by atoms with Gasteiger partial charge in [0.05, 0.1) is 0 Å². The van der Waals surface area contributed by atoms with Crippen LogP contribution < -0.4 is 14.8 Å². The molecular weight excluding hydrogens is 281 g/mol. The highest BCUT2D eigenvalue weighted by atomic mass is 19.1. The molecule has 0 spiro atoms. The number of halogens is 1. The van der Waals surface area contributed by atoms with Crippen LogP contribution in [0.4, 0.5) is 10.1 Å². The van der Waals surface area contributed by atoms with Gasteiger partial charge in [-0.25, -0.2) is 4.39 Å². The SMILES string of the molecule is Fc1ccc(CC2CNc3cc4c(cc3C2)OCCO4)cc1. The Morgan fingerprint density at radius 3 is 2.55 bits per heavy atom. The zero-order valence-electron chi connectivity index (χ0n) is 12.3. The fraction of sp³-hybridized carbons (Fsp3) is 0.333. The van der Waals surface area contributed by atoms with E-state index in [1.165, 1.54) is 23.3 Å². The van der Waals surface area contributed by atoms with Crippen LogP contribution in [-0.4, -0.2) is 19.8 Å². The van der Waals surface area contributed by atoms with Crippen molar-refractivity contribution in [3.05, 3.63) is 53.3 Å². The number of fused-ring (bicyclic) bond motifs is 2. The van der Waals surface area contributed by atoms with Crippen LogP contribution in [0, 0.1) is 11.7 Å². The molecule has 1 N–H and O–H groups in total. The summed E-state index contributed by atoms with van der Waals surface area (Å²) in [4.78, 5) is 0. The molecule has 0 radical (unpaired) electrons. The van der Waals surface area contributed by atoms with Crippen LogP contribution >= 0.6 is 0 Å². The minimum atomic E-state index is -0.181. The lowest BCUT2D eigenvalue weighted by Crippen LogP contribution is -2.25. The molecule has 2 aliphatic heterocycles. The quantitative estimate of drug-likeness (QED) is 0.921. The summed E-state index contributed by atoms with van der Waals surface area (Å²) < 4.78 is 24.3. The van der Waals surface area contributed by atoms with E-state index in [0.29, 0.717) is 19.1 Å². The Morgan fingerprint density at radius 2 is 1.77 bits per heavy atom.